The van der Waals surface area contributed by atoms with E-state index in [-0.39, 0.29) is 27.8 Å². The summed E-state index contributed by atoms with van der Waals surface area (Å²) in [5.41, 5.74) is 1.37. The van der Waals surface area contributed by atoms with E-state index in [9.17, 15) is 24.2 Å². The Kier molecular flexibility index (Phi) is 6.86. The van der Waals surface area contributed by atoms with Crippen LogP contribution in [0.1, 0.15) is 22.7 Å². The van der Waals surface area contributed by atoms with Gasteiger partial charge in [-0.25, -0.2) is 4.39 Å². The summed E-state index contributed by atoms with van der Waals surface area (Å²) in [6.07, 6.45) is 0. The fourth-order valence-corrected chi connectivity index (χ4v) is 6.29. The Balaban J connectivity index is 1.38. The first kappa shape index (κ1) is 25.8. The zero-order chi connectivity index (χ0) is 27.8. The summed E-state index contributed by atoms with van der Waals surface area (Å²) in [4.78, 5) is 28.0. The van der Waals surface area contributed by atoms with E-state index >= 15 is 0 Å². The minimum absolute atomic E-state index is 0.0739. The average molecular weight is 578 g/mol. The molecular formula is C28H20FN3O6S2. The molecule has 0 aliphatic carbocycles. The van der Waals surface area contributed by atoms with E-state index in [1.165, 1.54) is 40.9 Å². The minimum Gasteiger partial charge on any atom is -0.508 e. The van der Waals surface area contributed by atoms with Crippen molar-refractivity contribution >= 4 is 45.7 Å². The smallest absolute Gasteiger partial charge is 0.301 e. The normalized spacial score (nSPS) is 17.8. The summed E-state index contributed by atoms with van der Waals surface area (Å²) in [7, 11) is 0. The van der Waals surface area contributed by atoms with Gasteiger partial charge in [0, 0.05) is 11.3 Å². The van der Waals surface area contributed by atoms with E-state index in [1.807, 2.05) is 0 Å². The molecule has 1 saturated heterocycles. The van der Waals surface area contributed by atoms with Gasteiger partial charge in [0.25, 0.3) is 5.78 Å². The molecule has 2 aliphatic rings. The van der Waals surface area contributed by atoms with Crippen molar-refractivity contribution in [1.29, 1.82) is 0 Å². The van der Waals surface area contributed by atoms with Crippen LogP contribution in [0.25, 0.3) is 5.76 Å². The minimum atomic E-state index is -1.08. The number of phenolic OH excluding ortho intramolecular Hbond substituents is 1. The van der Waals surface area contributed by atoms with Gasteiger partial charge in [-0.05, 0) is 53.6 Å². The molecule has 3 heterocycles. The second kappa shape index (κ2) is 10.6. The third kappa shape index (κ3) is 4.87. The van der Waals surface area contributed by atoms with Gasteiger partial charge in [-0.15, -0.1) is 10.2 Å². The molecule has 0 saturated carbocycles. The standard InChI is InChI=1S/C28H20FN3O6S2/c29-18-7-4-15(5-8-18)14-39-28-31-30-27(40-28)32-23(16-2-1-3-19(33)12-16)22(25(35)26(32)36)24(34)17-6-9-20-21(13-17)38-11-10-37-20/h1-9,12-13,23,33-34H,10-11,14H2/b24-22+. The van der Waals surface area contributed by atoms with Crippen LogP contribution in [0.3, 0.4) is 0 Å². The molecule has 0 bridgehead atoms. The number of hydrogen-bond acceptors (Lipinski definition) is 10. The van der Waals surface area contributed by atoms with Gasteiger partial charge in [0.15, 0.2) is 15.8 Å². The maximum absolute atomic E-state index is 13.4. The quantitative estimate of drug-likeness (QED) is 0.106. The van der Waals surface area contributed by atoms with Gasteiger partial charge >= 0.3 is 5.91 Å². The van der Waals surface area contributed by atoms with E-state index in [4.69, 9.17) is 9.47 Å². The highest BCUT2D eigenvalue weighted by Crippen LogP contribution is 2.45. The maximum atomic E-state index is 13.4. The van der Waals surface area contributed by atoms with Crippen LogP contribution in [0.2, 0.25) is 0 Å². The molecule has 4 aromatic rings. The maximum Gasteiger partial charge on any atom is 0.301 e. The van der Waals surface area contributed by atoms with Crippen molar-refractivity contribution in [2.75, 3.05) is 18.1 Å². The number of aliphatic hydroxyl groups is 1. The number of carbonyl (C=O) groups is 2. The van der Waals surface area contributed by atoms with E-state index < -0.39 is 23.5 Å². The SMILES string of the molecule is O=C1C(=O)N(c2nnc(SCc3ccc(F)cc3)s2)C(c2cccc(O)c2)/C1=C(\O)c1ccc2c(c1)OCCO2. The molecule has 12 heteroatoms. The Morgan fingerprint density at radius 1 is 1.02 bits per heavy atom. The van der Waals surface area contributed by atoms with Crippen molar-refractivity contribution in [3.8, 4) is 17.2 Å². The zero-order valence-corrected chi connectivity index (χ0v) is 22.2. The molecule has 2 N–H and O–H groups in total. The molecule has 40 heavy (non-hydrogen) atoms. The molecule has 6 rings (SSSR count). The number of aromatic hydroxyl groups is 1. The molecule has 3 aromatic carbocycles. The van der Waals surface area contributed by atoms with Gasteiger partial charge in [0.1, 0.15) is 30.5 Å². The number of Topliss-reactive ketones (excluding diaryl/α,β-unsaturated/α-hetero) is 1. The number of ether oxygens (including phenoxy) is 2. The van der Waals surface area contributed by atoms with Crippen molar-refractivity contribution in [3.63, 3.8) is 0 Å². The fraction of sp³-hybridized carbons (Fsp3) is 0.143. The monoisotopic (exact) mass is 577 g/mol. The molecule has 1 amide bonds. The number of anilines is 1. The third-order valence-electron chi connectivity index (χ3n) is 6.32. The van der Waals surface area contributed by atoms with Gasteiger partial charge in [0.2, 0.25) is 5.13 Å². The Morgan fingerprint density at radius 3 is 2.58 bits per heavy atom. The lowest BCUT2D eigenvalue weighted by atomic mass is 9.95. The van der Waals surface area contributed by atoms with Gasteiger partial charge in [-0.3, -0.25) is 14.5 Å². The van der Waals surface area contributed by atoms with Crippen molar-refractivity contribution < 1.29 is 33.7 Å². The number of aliphatic hydroxyl groups excluding tert-OH is 1. The molecule has 1 fully saturated rings. The van der Waals surface area contributed by atoms with Crippen LogP contribution >= 0.6 is 23.1 Å². The number of benzene rings is 3. The first-order valence-electron chi connectivity index (χ1n) is 12.1. The van der Waals surface area contributed by atoms with Crippen LogP contribution in [0.5, 0.6) is 17.2 Å². The Hall–Kier alpha value is -4.42. The fourth-order valence-electron chi connectivity index (χ4n) is 4.47. The Labute approximate surface area is 235 Å². The number of thioether (sulfide) groups is 1. The number of aromatic nitrogens is 2. The molecule has 1 unspecified atom stereocenters. The zero-order valence-electron chi connectivity index (χ0n) is 20.6. The first-order chi connectivity index (χ1) is 19.4. The number of ketones is 1. The number of hydrogen-bond donors (Lipinski definition) is 2. The van der Waals surface area contributed by atoms with Crippen LogP contribution in [0.15, 0.2) is 76.6 Å². The molecule has 0 radical (unpaired) electrons. The number of amides is 1. The highest BCUT2D eigenvalue weighted by atomic mass is 32.2. The van der Waals surface area contributed by atoms with E-state index in [2.05, 4.69) is 10.2 Å². The van der Waals surface area contributed by atoms with Crippen LogP contribution < -0.4 is 14.4 Å². The third-order valence-corrected chi connectivity index (χ3v) is 8.45. The van der Waals surface area contributed by atoms with Crippen LogP contribution in [-0.4, -0.2) is 45.3 Å². The summed E-state index contributed by atoms with van der Waals surface area (Å²) in [5.74, 6) is -1.19. The topological polar surface area (TPSA) is 122 Å². The predicted molar refractivity (Wildman–Crippen MR) is 146 cm³/mol. The second-order valence-corrected chi connectivity index (χ2v) is 11.1. The van der Waals surface area contributed by atoms with Crippen LogP contribution in [0, 0.1) is 5.82 Å². The molecular weight excluding hydrogens is 557 g/mol. The largest absolute Gasteiger partial charge is 0.508 e. The summed E-state index contributed by atoms with van der Waals surface area (Å²) in [6, 6.07) is 15.9. The molecule has 0 spiro atoms. The lowest BCUT2D eigenvalue weighted by Gasteiger charge is -2.23. The lowest BCUT2D eigenvalue weighted by Crippen LogP contribution is -2.29. The van der Waals surface area contributed by atoms with Gasteiger partial charge < -0.3 is 19.7 Å². The summed E-state index contributed by atoms with van der Waals surface area (Å²) < 4.78 is 24.9. The Morgan fingerprint density at radius 2 is 1.80 bits per heavy atom. The highest BCUT2D eigenvalue weighted by Gasteiger charge is 2.48. The van der Waals surface area contributed by atoms with Gasteiger partial charge in [0.05, 0.1) is 11.6 Å². The Bertz CT molecular complexity index is 1660. The second-order valence-electron chi connectivity index (χ2n) is 8.89. The molecule has 1 atom stereocenters. The first-order valence-corrected chi connectivity index (χ1v) is 13.9. The van der Waals surface area contributed by atoms with E-state index in [1.54, 1.807) is 42.5 Å². The van der Waals surface area contributed by atoms with Crippen molar-refractivity contribution in [3.05, 3.63) is 94.8 Å². The predicted octanol–water partition coefficient (Wildman–Crippen LogP) is 5.07. The number of fused-ring (bicyclic) bond motifs is 1. The molecule has 9 nitrogen and oxygen atoms in total. The van der Waals surface area contributed by atoms with E-state index in [0.717, 1.165) is 16.9 Å². The summed E-state index contributed by atoms with van der Waals surface area (Å²) >= 11 is 2.46. The van der Waals surface area contributed by atoms with Gasteiger partial charge in [-0.2, -0.15) is 0 Å². The van der Waals surface area contributed by atoms with Crippen LogP contribution in [-0.2, 0) is 15.3 Å². The average Bonchev–Trinajstić information content (AvgIpc) is 3.54. The number of halogens is 1. The van der Waals surface area contributed by atoms with Crippen molar-refractivity contribution in [2.45, 2.75) is 16.1 Å². The van der Waals surface area contributed by atoms with E-state index in [0.29, 0.717) is 40.4 Å². The lowest BCUT2D eigenvalue weighted by molar-refractivity contribution is -0.132. The molecule has 2 aliphatic heterocycles. The summed E-state index contributed by atoms with van der Waals surface area (Å²) in [5, 5.41) is 30.0. The number of carbonyl (C=O) groups excluding carboxylic acids is 2. The van der Waals surface area contributed by atoms with Crippen molar-refractivity contribution in [1.82, 2.24) is 10.2 Å². The van der Waals surface area contributed by atoms with Crippen LogP contribution in [0.4, 0.5) is 9.52 Å². The molecule has 1 aromatic heterocycles. The highest BCUT2D eigenvalue weighted by molar-refractivity contribution is 8.00. The van der Waals surface area contributed by atoms with Gasteiger partial charge in [-0.1, -0.05) is 47.4 Å². The number of phenols is 1. The summed E-state index contributed by atoms with van der Waals surface area (Å²) in [6.45, 7) is 0.733. The van der Waals surface area contributed by atoms with Crippen molar-refractivity contribution in [2.24, 2.45) is 0 Å². The molecule has 202 valence electrons. The number of nitrogens with zero attached hydrogens (tertiary/aromatic N) is 3. The number of rotatable bonds is 6.